The maximum Gasteiger partial charge on any atom is 0.365 e. The van der Waals surface area contributed by atoms with Gasteiger partial charge in [0.05, 0.1) is 11.3 Å². The Balaban J connectivity index is 2.19. The molecule has 2 rings (SSSR count). The van der Waals surface area contributed by atoms with Gasteiger partial charge in [0.15, 0.2) is 15.5 Å². The summed E-state index contributed by atoms with van der Waals surface area (Å²) in [5.41, 5.74) is 2.16. The number of carbonyl (C=O) groups is 2. The number of benzene rings is 1. The van der Waals surface area contributed by atoms with Crippen LogP contribution in [0, 0.1) is 0 Å². The number of nitrogens with one attached hydrogen (secondary N) is 1. The first-order valence-corrected chi connectivity index (χ1v) is 8.05. The first-order valence-electron chi connectivity index (χ1n) is 6.16. The molecule has 1 heterocycles. The van der Waals surface area contributed by atoms with E-state index < -0.39 is 27.5 Å². The fourth-order valence-electron chi connectivity index (χ4n) is 1.88. The molecule has 118 valence electrons. The van der Waals surface area contributed by atoms with Crippen molar-refractivity contribution in [1.82, 2.24) is 10.4 Å². The molecule has 0 aromatic heterocycles. The third-order valence-electron chi connectivity index (χ3n) is 2.88. The zero-order valence-electron chi connectivity index (χ0n) is 11.9. The Kier molecular flexibility index (Phi) is 4.09. The van der Waals surface area contributed by atoms with Crippen LogP contribution in [0.15, 0.2) is 40.6 Å². The van der Waals surface area contributed by atoms with Gasteiger partial charge in [0.25, 0.3) is 0 Å². The van der Waals surface area contributed by atoms with E-state index in [2.05, 4.69) is 5.43 Å². The number of aliphatic hydroxyl groups excluding tert-OH is 1. The van der Waals surface area contributed by atoms with Gasteiger partial charge in [-0.15, -0.1) is 0 Å². The number of aliphatic hydroxyl groups is 1. The van der Waals surface area contributed by atoms with Gasteiger partial charge in [-0.25, -0.2) is 13.2 Å². The molecule has 0 atom stereocenters. The van der Waals surface area contributed by atoms with Gasteiger partial charge in [-0.05, 0) is 24.3 Å². The maximum atomic E-state index is 12.0. The lowest BCUT2D eigenvalue weighted by Gasteiger charge is -2.26. The molecule has 8 nitrogen and oxygen atoms in total. The first-order chi connectivity index (χ1) is 10.2. The summed E-state index contributed by atoms with van der Waals surface area (Å²) in [7, 11) is -1.95. The lowest BCUT2D eigenvalue weighted by molar-refractivity contribution is -0.134. The van der Waals surface area contributed by atoms with E-state index in [0.29, 0.717) is 0 Å². The maximum absolute atomic E-state index is 12.0. The van der Waals surface area contributed by atoms with Crippen LogP contribution in [0.5, 0.6) is 5.75 Å². The molecule has 0 fully saturated rings. The Morgan fingerprint density at radius 2 is 1.91 bits per heavy atom. The average molecular weight is 326 g/mol. The van der Waals surface area contributed by atoms with Gasteiger partial charge < -0.3 is 9.84 Å². The predicted octanol–water partition coefficient (Wildman–Crippen LogP) is 0.132. The number of hydrogen-bond donors (Lipinski definition) is 2. The van der Waals surface area contributed by atoms with Crippen molar-refractivity contribution in [3.63, 3.8) is 0 Å². The number of hydrazine groups is 1. The van der Waals surface area contributed by atoms with E-state index in [-0.39, 0.29) is 22.8 Å². The fourth-order valence-corrected chi connectivity index (χ4v) is 2.51. The Morgan fingerprint density at radius 1 is 1.32 bits per heavy atom. The highest BCUT2D eigenvalue weighted by atomic mass is 32.2. The topological polar surface area (TPSA) is 113 Å². The summed E-state index contributed by atoms with van der Waals surface area (Å²) in [6.45, 7) is 0. The number of nitrogens with zero attached hydrogens (tertiary/aromatic N) is 1. The van der Waals surface area contributed by atoms with Gasteiger partial charge in [-0.3, -0.25) is 15.2 Å². The molecule has 0 spiro atoms. The second-order valence-electron chi connectivity index (χ2n) is 4.70. The molecule has 2 N–H and O–H groups in total. The van der Waals surface area contributed by atoms with Gasteiger partial charge in [-0.2, -0.15) is 0 Å². The molecular weight excluding hydrogens is 312 g/mol. The average Bonchev–Trinajstić information content (AvgIpc) is 2.36. The summed E-state index contributed by atoms with van der Waals surface area (Å²) in [5.74, 6) is -1.60. The Morgan fingerprint density at radius 3 is 2.41 bits per heavy atom. The van der Waals surface area contributed by atoms with Gasteiger partial charge >= 0.3 is 5.97 Å². The number of hydrogen-bond acceptors (Lipinski definition) is 7. The van der Waals surface area contributed by atoms with E-state index in [1.165, 1.54) is 31.3 Å². The molecule has 0 saturated carbocycles. The van der Waals surface area contributed by atoms with Crippen LogP contribution in [0.25, 0.3) is 0 Å². The molecule has 1 aromatic carbocycles. The molecule has 0 aliphatic carbocycles. The van der Waals surface area contributed by atoms with Crippen molar-refractivity contribution >= 4 is 21.7 Å². The Hall–Kier alpha value is -2.55. The molecular formula is C13H14N2O6S. The lowest BCUT2D eigenvalue weighted by atomic mass is 10.2. The zero-order valence-corrected chi connectivity index (χ0v) is 12.7. The molecule has 1 aliphatic rings. The highest BCUT2D eigenvalue weighted by molar-refractivity contribution is 7.90. The van der Waals surface area contributed by atoms with E-state index in [4.69, 9.17) is 4.74 Å². The largest absolute Gasteiger partial charge is 0.509 e. The molecule has 0 radical (unpaired) electrons. The smallest absolute Gasteiger partial charge is 0.365 e. The SMILES string of the molecule is CN1NC(=O)CC(O)=C1C(=O)Oc1ccc(S(C)(=O)=O)cc1. The van der Waals surface area contributed by atoms with Crippen molar-refractivity contribution < 1.29 is 27.9 Å². The van der Waals surface area contributed by atoms with E-state index >= 15 is 0 Å². The number of sulfone groups is 1. The van der Waals surface area contributed by atoms with E-state index in [1.807, 2.05) is 0 Å². The van der Waals surface area contributed by atoms with Crippen LogP contribution < -0.4 is 10.2 Å². The summed E-state index contributed by atoms with van der Waals surface area (Å²) in [6, 6.07) is 5.26. The second kappa shape index (κ2) is 5.68. The van der Waals surface area contributed by atoms with Crippen molar-refractivity contribution in [1.29, 1.82) is 0 Å². The van der Waals surface area contributed by atoms with Gasteiger partial charge in [0.1, 0.15) is 11.5 Å². The minimum atomic E-state index is -3.34. The summed E-state index contributed by atoms with van der Waals surface area (Å²) in [5, 5.41) is 10.8. The van der Waals surface area contributed by atoms with E-state index in [1.54, 1.807) is 0 Å². The number of esters is 1. The minimum absolute atomic E-state index is 0.0939. The molecule has 1 aliphatic heterocycles. The van der Waals surface area contributed by atoms with Crippen LogP contribution in [0.2, 0.25) is 0 Å². The highest BCUT2D eigenvalue weighted by Crippen LogP contribution is 2.20. The van der Waals surface area contributed by atoms with Crippen molar-refractivity contribution in [2.24, 2.45) is 0 Å². The van der Waals surface area contributed by atoms with Gasteiger partial charge in [0.2, 0.25) is 5.91 Å². The first kappa shape index (κ1) is 15.8. The van der Waals surface area contributed by atoms with Crippen molar-refractivity contribution in [2.45, 2.75) is 11.3 Å². The molecule has 1 amide bonds. The zero-order chi connectivity index (χ0) is 16.5. The minimum Gasteiger partial charge on any atom is -0.509 e. The van der Waals surface area contributed by atoms with E-state index in [0.717, 1.165) is 11.3 Å². The van der Waals surface area contributed by atoms with Crippen LogP contribution in [-0.4, -0.2) is 43.7 Å². The summed E-state index contributed by atoms with van der Waals surface area (Å²) < 4.78 is 27.7. The van der Waals surface area contributed by atoms with Crippen LogP contribution in [0.3, 0.4) is 0 Å². The summed E-state index contributed by atoms with van der Waals surface area (Å²) in [4.78, 5) is 23.3. The number of carbonyl (C=O) groups excluding carboxylic acids is 2. The van der Waals surface area contributed by atoms with E-state index in [9.17, 15) is 23.1 Å². The monoisotopic (exact) mass is 326 g/mol. The quantitative estimate of drug-likeness (QED) is 0.599. The second-order valence-corrected chi connectivity index (χ2v) is 6.71. The number of amides is 1. The number of ether oxygens (including phenoxy) is 1. The Bertz CT molecular complexity index is 751. The molecule has 9 heteroatoms. The fraction of sp³-hybridized carbons (Fsp3) is 0.231. The summed E-state index contributed by atoms with van der Waals surface area (Å²) >= 11 is 0. The van der Waals surface area contributed by atoms with Crippen molar-refractivity contribution in [3.8, 4) is 5.75 Å². The van der Waals surface area contributed by atoms with Crippen molar-refractivity contribution in [3.05, 3.63) is 35.7 Å². The van der Waals surface area contributed by atoms with Gasteiger partial charge in [0, 0.05) is 13.3 Å². The summed E-state index contributed by atoms with van der Waals surface area (Å²) in [6.07, 6.45) is 0.748. The molecule has 0 bridgehead atoms. The molecule has 1 aromatic rings. The normalized spacial score (nSPS) is 15.5. The Labute approximate surface area is 126 Å². The number of rotatable bonds is 3. The third kappa shape index (κ3) is 3.37. The standard InChI is InChI=1S/C13H14N2O6S/c1-15-12(10(16)7-11(17)14-15)13(18)21-8-3-5-9(6-4-8)22(2,19)20/h3-6,16H,7H2,1-2H3,(H,14,17). The molecule has 0 unspecified atom stereocenters. The lowest BCUT2D eigenvalue weighted by Crippen LogP contribution is -2.46. The molecule has 0 saturated heterocycles. The predicted molar refractivity (Wildman–Crippen MR) is 75.4 cm³/mol. The van der Waals surface area contributed by atoms with Gasteiger partial charge in [-0.1, -0.05) is 0 Å². The number of likely N-dealkylation sites (N-methyl/N-ethyl adjacent to an activating group) is 1. The van der Waals surface area contributed by atoms with Crippen LogP contribution in [0.4, 0.5) is 0 Å². The van der Waals surface area contributed by atoms with Crippen LogP contribution in [-0.2, 0) is 19.4 Å². The van der Waals surface area contributed by atoms with Crippen LogP contribution in [0.1, 0.15) is 6.42 Å². The molecule has 22 heavy (non-hydrogen) atoms. The van der Waals surface area contributed by atoms with Crippen molar-refractivity contribution in [2.75, 3.05) is 13.3 Å². The third-order valence-corrected chi connectivity index (χ3v) is 4.01. The highest BCUT2D eigenvalue weighted by Gasteiger charge is 2.28. The van der Waals surface area contributed by atoms with Crippen LogP contribution >= 0.6 is 0 Å².